The number of methoxy groups -OCH3 is 2. The van der Waals surface area contributed by atoms with Gasteiger partial charge in [-0.25, -0.2) is 4.39 Å². The molecule has 9 heteroatoms. The molecule has 8 nitrogen and oxygen atoms in total. The Balaban J connectivity index is 1.59. The highest BCUT2D eigenvalue weighted by molar-refractivity contribution is 6.46. The lowest BCUT2D eigenvalue weighted by molar-refractivity contribution is -0.139. The lowest BCUT2D eigenvalue weighted by atomic mass is 9.94. The van der Waals surface area contributed by atoms with Gasteiger partial charge in [0.15, 0.2) is 23.0 Å². The average Bonchev–Trinajstić information content (AvgIpc) is 3.49. The molecule has 0 aliphatic carbocycles. The van der Waals surface area contributed by atoms with Crippen molar-refractivity contribution in [3.05, 3.63) is 88.7 Å². The third-order valence-corrected chi connectivity index (χ3v) is 6.46. The van der Waals surface area contributed by atoms with Crippen molar-refractivity contribution in [2.45, 2.75) is 12.5 Å². The van der Waals surface area contributed by atoms with E-state index in [4.69, 9.17) is 18.9 Å². The predicted octanol–water partition coefficient (Wildman–Crippen LogP) is 4.24. The number of rotatable bonds is 7. The smallest absolute Gasteiger partial charge is 0.295 e. The van der Waals surface area contributed by atoms with Gasteiger partial charge in [0.1, 0.15) is 11.6 Å². The SMILES string of the molecule is COc1ccc(C2/C(=C(\O)c3ccc4c(c3)OCO4)C(=O)C(=O)N2CCc2ccc(F)cc2)cc1OC. The number of ketones is 1. The molecule has 3 aromatic carbocycles. The normalized spacial score (nSPS) is 17.8. The molecule has 1 atom stereocenters. The van der Waals surface area contributed by atoms with Gasteiger partial charge in [0.05, 0.1) is 25.8 Å². The zero-order valence-corrected chi connectivity index (χ0v) is 20.2. The summed E-state index contributed by atoms with van der Waals surface area (Å²) in [5.41, 5.74) is 1.60. The first kappa shape index (κ1) is 24.2. The summed E-state index contributed by atoms with van der Waals surface area (Å²) in [6.07, 6.45) is 0.376. The maximum absolute atomic E-state index is 13.4. The van der Waals surface area contributed by atoms with Gasteiger partial charge in [-0.05, 0) is 60.0 Å². The van der Waals surface area contributed by atoms with Crippen LogP contribution in [0.2, 0.25) is 0 Å². The minimum absolute atomic E-state index is 0.0545. The molecule has 3 aromatic rings. The van der Waals surface area contributed by atoms with E-state index in [1.807, 2.05) is 0 Å². The molecule has 37 heavy (non-hydrogen) atoms. The molecular weight excluding hydrogens is 481 g/mol. The molecule has 0 saturated carbocycles. The van der Waals surface area contributed by atoms with Crippen molar-refractivity contribution in [2.75, 3.05) is 27.6 Å². The van der Waals surface area contributed by atoms with Crippen LogP contribution >= 0.6 is 0 Å². The number of aliphatic hydroxyl groups excluding tert-OH is 1. The number of fused-ring (bicyclic) bond motifs is 1. The fourth-order valence-electron chi connectivity index (χ4n) is 4.58. The Morgan fingerprint density at radius 1 is 0.973 bits per heavy atom. The second kappa shape index (κ2) is 9.85. The topological polar surface area (TPSA) is 94.5 Å². The van der Waals surface area contributed by atoms with E-state index in [-0.39, 0.29) is 30.5 Å². The van der Waals surface area contributed by atoms with E-state index in [9.17, 15) is 19.1 Å². The summed E-state index contributed by atoms with van der Waals surface area (Å²) in [6.45, 7) is 0.214. The third kappa shape index (κ3) is 4.44. The number of likely N-dealkylation sites (tertiary alicyclic amines) is 1. The first-order chi connectivity index (χ1) is 17.9. The van der Waals surface area contributed by atoms with E-state index in [2.05, 4.69) is 0 Å². The van der Waals surface area contributed by atoms with Crippen molar-refractivity contribution in [3.8, 4) is 23.0 Å². The zero-order chi connectivity index (χ0) is 26.1. The maximum atomic E-state index is 13.4. The van der Waals surface area contributed by atoms with Gasteiger partial charge in [-0.3, -0.25) is 9.59 Å². The van der Waals surface area contributed by atoms with Crippen LogP contribution in [0.4, 0.5) is 4.39 Å². The highest BCUT2D eigenvalue weighted by Gasteiger charge is 2.46. The third-order valence-electron chi connectivity index (χ3n) is 6.46. The second-order valence-corrected chi connectivity index (χ2v) is 8.55. The summed E-state index contributed by atoms with van der Waals surface area (Å²) in [4.78, 5) is 28.0. The molecule has 2 aliphatic rings. The van der Waals surface area contributed by atoms with Crippen LogP contribution in [0.15, 0.2) is 66.2 Å². The van der Waals surface area contributed by atoms with E-state index in [1.165, 1.54) is 31.3 Å². The molecule has 2 aliphatic heterocycles. The minimum Gasteiger partial charge on any atom is -0.507 e. The second-order valence-electron chi connectivity index (χ2n) is 8.55. The van der Waals surface area contributed by atoms with E-state index >= 15 is 0 Å². The van der Waals surface area contributed by atoms with Crippen molar-refractivity contribution in [2.24, 2.45) is 0 Å². The van der Waals surface area contributed by atoms with E-state index in [0.29, 0.717) is 40.5 Å². The molecule has 190 valence electrons. The monoisotopic (exact) mass is 505 g/mol. The van der Waals surface area contributed by atoms with Crippen molar-refractivity contribution >= 4 is 17.4 Å². The number of Topliss-reactive ketones (excluding diaryl/α,β-unsaturated/α-hetero) is 1. The summed E-state index contributed by atoms with van der Waals surface area (Å²) in [6, 6.07) is 14.9. The molecule has 2 heterocycles. The Bertz CT molecular complexity index is 1400. The van der Waals surface area contributed by atoms with Crippen molar-refractivity contribution in [1.82, 2.24) is 4.90 Å². The van der Waals surface area contributed by atoms with Crippen LogP contribution in [0.25, 0.3) is 5.76 Å². The summed E-state index contributed by atoms with van der Waals surface area (Å²) in [7, 11) is 2.99. The Morgan fingerprint density at radius 2 is 1.70 bits per heavy atom. The van der Waals surface area contributed by atoms with Gasteiger partial charge < -0.3 is 29.0 Å². The van der Waals surface area contributed by atoms with Crippen LogP contribution < -0.4 is 18.9 Å². The molecule has 1 unspecified atom stereocenters. The number of benzene rings is 3. The Labute approximate surface area is 212 Å². The molecule has 1 N–H and O–H groups in total. The van der Waals surface area contributed by atoms with E-state index in [1.54, 1.807) is 48.5 Å². The Hall–Kier alpha value is -4.53. The van der Waals surface area contributed by atoms with Gasteiger partial charge in [0.25, 0.3) is 11.7 Å². The number of amides is 1. The Morgan fingerprint density at radius 3 is 2.43 bits per heavy atom. The fourth-order valence-corrected chi connectivity index (χ4v) is 4.58. The predicted molar refractivity (Wildman–Crippen MR) is 131 cm³/mol. The van der Waals surface area contributed by atoms with Crippen molar-refractivity contribution in [1.29, 1.82) is 0 Å². The van der Waals surface area contributed by atoms with Gasteiger partial charge in [0.2, 0.25) is 6.79 Å². The molecule has 1 saturated heterocycles. The number of hydrogen-bond donors (Lipinski definition) is 1. The highest BCUT2D eigenvalue weighted by atomic mass is 19.1. The lowest BCUT2D eigenvalue weighted by Crippen LogP contribution is -2.31. The first-order valence-corrected chi connectivity index (χ1v) is 11.6. The molecule has 0 bridgehead atoms. The zero-order valence-electron chi connectivity index (χ0n) is 20.2. The number of carbonyl (C=O) groups is 2. The number of hydrogen-bond acceptors (Lipinski definition) is 7. The van der Waals surface area contributed by atoms with Crippen LogP contribution in [0.3, 0.4) is 0 Å². The van der Waals surface area contributed by atoms with Crippen LogP contribution in [-0.4, -0.2) is 49.3 Å². The number of aliphatic hydroxyl groups is 1. The van der Waals surface area contributed by atoms with Crippen LogP contribution in [-0.2, 0) is 16.0 Å². The molecule has 0 aromatic heterocycles. The number of carbonyl (C=O) groups excluding carboxylic acids is 2. The molecular formula is C28H24FNO7. The van der Waals surface area contributed by atoms with Crippen LogP contribution in [0.5, 0.6) is 23.0 Å². The summed E-state index contributed by atoms with van der Waals surface area (Å²) < 4.78 is 34.9. The number of nitrogens with zero attached hydrogens (tertiary/aromatic N) is 1. The van der Waals surface area contributed by atoms with Gasteiger partial charge in [-0.15, -0.1) is 0 Å². The molecule has 0 spiro atoms. The standard InChI is InChI=1S/C28H24FNO7/c1-34-20-9-5-17(13-22(20)35-2)25-24(26(31)18-6-10-21-23(14-18)37-15-36-21)27(32)28(33)30(25)12-11-16-3-7-19(29)8-4-16/h3-10,13-14,25,31H,11-12,15H2,1-2H3/b26-24+. The quantitative estimate of drug-likeness (QED) is 0.292. The largest absolute Gasteiger partial charge is 0.507 e. The average molecular weight is 505 g/mol. The van der Waals surface area contributed by atoms with Gasteiger partial charge in [0, 0.05) is 12.1 Å². The van der Waals surface area contributed by atoms with Gasteiger partial charge in [-0.1, -0.05) is 18.2 Å². The fraction of sp³-hybridized carbons (Fsp3) is 0.214. The van der Waals surface area contributed by atoms with Gasteiger partial charge >= 0.3 is 0 Å². The van der Waals surface area contributed by atoms with Crippen molar-refractivity contribution in [3.63, 3.8) is 0 Å². The first-order valence-electron chi connectivity index (χ1n) is 11.6. The summed E-state index contributed by atoms with van der Waals surface area (Å²) >= 11 is 0. The molecule has 5 rings (SSSR count). The molecule has 0 radical (unpaired) electrons. The number of halogens is 1. The minimum atomic E-state index is -0.898. The van der Waals surface area contributed by atoms with Gasteiger partial charge in [-0.2, -0.15) is 0 Å². The molecule has 1 fully saturated rings. The van der Waals surface area contributed by atoms with Crippen LogP contribution in [0.1, 0.15) is 22.7 Å². The Kier molecular flexibility index (Phi) is 6.43. The number of ether oxygens (including phenoxy) is 4. The summed E-state index contributed by atoms with van der Waals surface area (Å²) in [5, 5.41) is 11.3. The lowest BCUT2D eigenvalue weighted by Gasteiger charge is -2.26. The molecule has 1 amide bonds. The van der Waals surface area contributed by atoms with E-state index < -0.39 is 17.7 Å². The maximum Gasteiger partial charge on any atom is 0.295 e. The van der Waals surface area contributed by atoms with E-state index in [0.717, 1.165) is 5.56 Å². The van der Waals surface area contributed by atoms with Crippen LogP contribution in [0, 0.1) is 5.82 Å². The van der Waals surface area contributed by atoms with Crippen molar-refractivity contribution < 1.29 is 38.0 Å². The summed E-state index contributed by atoms with van der Waals surface area (Å²) in [5.74, 6) is -0.417. The highest BCUT2D eigenvalue weighted by Crippen LogP contribution is 2.43.